The monoisotopic (exact) mass is 222 g/mol. The van der Waals surface area contributed by atoms with E-state index in [1.165, 1.54) is 0 Å². The van der Waals surface area contributed by atoms with Crippen molar-refractivity contribution in [2.75, 3.05) is 0 Å². The zero-order valence-electron chi connectivity index (χ0n) is 8.99. The quantitative estimate of drug-likeness (QED) is 0.621. The molecule has 0 spiro atoms. The first-order chi connectivity index (χ1) is 7.66. The van der Waals surface area contributed by atoms with E-state index in [2.05, 4.69) is 20.8 Å². The molecule has 16 heavy (non-hydrogen) atoms. The Labute approximate surface area is 92.8 Å². The SMILES string of the molecule is CC(NC1CCC(=O)NC1=O)c1ccn[nH]1. The van der Waals surface area contributed by atoms with Gasteiger partial charge in [-0.15, -0.1) is 0 Å². The highest BCUT2D eigenvalue weighted by atomic mass is 16.2. The number of piperidine rings is 1. The largest absolute Gasteiger partial charge is 0.298 e. The van der Waals surface area contributed by atoms with Crippen LogP contribution in [0.2, 0.25) is 0 Å². The molecular formula is C10H14N4O2. The molecule has 0 bridgehead atoms. The van der Waals surface area contributed by atoms with Gasteiger partial charge in [-0.3, -0.25) is 25.3 Å². The Morgan fingerprint density at radius 3 is 3.00 bits per heavy atom. The van der Waals surface area contributed by atoms with Gasteiger partial charge in [0, 0.05) is 18.7 Å². The molecule has 1 fully saturated rings. The Hall–Kier alpha value is -1.69. The lowest BCUT2D eigenvalue weighted by molar-refractivity contribution is -0.134. The number of aromatic amines is 1. The molecule has 1 aliphatic rings. The molecule has 1 aromatic rings. The minimum absolute atomic E-state index is 0.00597. The van der Waals surface area contributed by atoms with Crippen LogP contribution in [0.25, 0.3) is 0 Å². The summed E-state index contributed by atoms with van der Waals surface area (Å²) in [7, 11) is 0. The molecule has 2 atom stereocenters. The van der Waals surface area contributed by atoms with Crippen LogP contribution in [0.15, 0.2) is 12.3 Å². The van der Waals surface area contributed by atoms with E-state index in [-0.39, 0.29) is 23.9 Å². The summed E-state index contributed by atoms with van der Waals surface area (Å²) < 4.78 is 0. The summed E-state index contributed by atoms with van der Waals surface area (Å²) in [6, 6.07) is 1.55. The Kier molecular flexibility index (Phi) is 3.00. The van der Waals surface area contributed by atoms with Gasteiger partial charge in [0.05, 0.1) is 11.7 Å². The average Bonchev–Trinajstić information content (AvgIpc) is 2.75. The minimum atomic E-state index is -0.309. The van der Waals surface area contributed by atoms with Crippen molar-refractivity contribution < 1.29 is 9.59 Å². The molecule has 0 aromatic carbocycles. The fourth-order valence-corrected chi connectivity index (χ4v) is 1.75. The van der Waals surface area contributed by atoms with Gasteiger partial charge in [-0.25, -0.2) is 0 Å². The van der Waals surface area contributed by atoms with Crippen LogP contribution in [0.1, 0.15) is 31.5 Å². The van der Waals surface area contributed by atoms with Gasteiger partial charge in [0.15, 0.2) is 0 Å². The number of imide groups is 1. The molecule has 2 rings (SSSR count). The Balaban J connectivity index is 1.95. The van der Waals surface area contributed by atoms with Crippen molar-refractivity contribution in [3.8, 4) is 0 Å². The number of carbonyl (C=O) groups is 2. The second kappa shape index (κ2) is 4.44. The number of nitrogens with zero attached hydrogens (tertiary/aromatic N) is 1. The normalized spacial score (nSPS) is 22.9. The Bertz CT molecular complexity index is 388. The smallest absolute Gasteiger partial charge is 0.243 e. The van der Waals surface area contributed by atoms with Crippen molar-refractivity contribution in [2.24, 2.45) is 0 Å². The van der Waals surface area contributed by atoms with Crippen molar-refractivity contribution in [1.82, 2.24) is 20.8 Å². The molecule has 1 aliphatic heterocycles. The first-order valence-electron chi connectivity index (χ1n) is 5.26. The van der Waals surface area contributed by atoms with Gasteiger partial charge >= 0.3 is 0 Å². The van der Waals surface area contributed by atoms with Crippen LogP contribution in [-0.4, -0.2) is 28.1 Å². The molecule has 2 unspecified atom stereocenters. The number of hydrogen-bond donors (Lipinski definition) is 3. The average molecular weight is 222 g/mol. The van der Waals surface area contributed by atoms with Gasteiger partial charge in [-0.2, -0.15) is 5.10 Å². The topological polar surface area (TPSA) is 86.9 Å². The zero-order chi connectivity index (χ0) is 11.5. The van der Waals surface area contributed by atoms with Gasteiger partial charge in [0.1, 0.15) is 0 Å². The maximum Gasteiger partial charge on any atom is 0.243 e. The van der Waals surface area contributed by atoms with Crippen molar-refractivity contribution in [2.45, 2.75) is 31.8 Å². The van der Waals surface area contributed by atoms with Crippen molar-refractivity contribution >= 4 is 11.8 Å². The third-order valence-electron chi connectivity index (χ3n) is 2.68. The maximum atomic E-state index is 11.5. The van der Waals surface area contributed by atoms with Crippen LogP contribution >= 0.6 is 0 Å². The van der Waals surface area contributed by atoms with Crippen LogP contribution in [-0.2, 0) is 9.59 Å². The van der Waals surface area contributed by atoms with Crippen LogP contribution in [0.4, 0.5) is 0 Å². The van der Waals surface area contributed by atoms with Gasteiger partial charge < -0.3 is 0 Å². The number of hydrogen-bond acceptors (Lipinski definition) is 4. The summed E-state index contributed by atoms with van der Waals surface area (Å²) in [5.74, 6) is -0.445. The molecule has 6 heteroatoms. The van der Waals surface area contributed by atoms with Crippen LogP contribution in [0, 0.1) is 0 Å². The summed E-state index contributed by atoms with van der Waals surface area (Å²) in [6.45, 7) is 1.94. The number of carbonyl (C=O) groups excluding carboxylic acids is 2. The third kappa shape index (κ3) is 2.27. The van der Waals surface area contributed by atoms with Gasteiger partial charge in [-0.1, -0.05) is 0 Å². The number of aromatic nitrogens is 2. The van der Waals surface area contributed by atoms with Crippen LogP contribution in [0.5, 0.6) is 0 Å². The number of nitrogens with one attached hydrogen (secondary N) is 3. The molecule has 0 saturated carbocycles. The van der Waals surface area contributed by atoms with Crippen LogP contribution < -0.4 is 10.6 Å². The zero-order valence-corrected chi connectivity index (χ0v) is 8.99. The summed E-state index contributed by atoms with van der Waals surface area (Å²) in [4.78, 5) is 22.4. The number of amides is 2. The summed E-state index contributed by atoms with van der Waals surface area (Å²) in [6.07, 6.45) is 2.60. The van der Waals surface area contributed by atoms with Crippen molar-refractivity contribution in [3.63, 3.8) is 0 Å². The highest BCUT2D eigenvalue weighted by Gasteiger charge is 2.27. The minimum Gasteiger partial charge on any atom is -0.298 e. The summed E-state index contributed by atoms with van der Waals surface area (Å²) in [5, 5.41) is 12.2. The van der Waals surface area contributed by atoms with E-state index in [0.717, 1.165) is 5.69 Å². The maximum absolute atomic E-state index is 11.5. The molecule has 0 aliphatic carbocycles. The number of rotatable bonds is 3. The molecule has 2 heterocycles. The second-order valence-electron chi connectivity index (χ2n) is 3.90. The van der Waals surface area contributed by atoms with E-state index in [9.17, 15) is 9.59 Å². The highest BCUT2D eigenvalue weighted by Crippen LogP contribution is 2.12. The summed E-state index contributed by atoms with van der Waals surface area (Å²) >= 11 is 0. The van der Waals surface area contributed by atoms with Crippen LogP contribution in [0.3, 0.4) is 0 Å². The Morgan fingerprint density at radius 1 is 1.56 bits per heavy atom. The lowest BCUT2D eigenvalue weighted by Crippen LogP contribution is -2.51. The molecule has 3 N–H and O–H groups in total. The van der Waals surface area contributed by atoms with E-state index in [1.807, 2.05) is 13.0 Å². The second-order valence-corrected chi connectivity index (χ2v) is 3.90. The first-order valence-corrected chi connectivity index (χ1v) is 5.26. The predicted octanol–water partition coefficient (Wildman–Crippen LogP) is -0.135. The predicted molar refractivity (Wildman–Crippen MR) is 56.3 cm³/mol. The molecule has 0 radical (unpaired) electrons. The van der Waals surface area contributed by atoms with E-state index < -0.39 is 0 Å². The van der Waals surface area contributed by atoms with E-state index >= 15 is 0 Å². The standard InChI is InChI=1S/C10H14N4O2/c1-6(7-4-5-11-14-7)12-8-2-3-9(15)13-10(8)16/h4-6,8,12H,2-3H2,1H3,(H,11,14)(H,13,15,16). The fraction of sp³-hybridized carbons (Fsp3) is 0.500. The molecule has 1 saturated heterocycles. The molecule has 6 nitrogen and oxygen atoms in total. The lowest BCUT2D eigenvalue weighted by atomic mass is 10.0. The molecular weight excluding hydrogens is 208 g/mol. The van der Waals surface area contributed by atoms with E-state index in [1.54, 1.807) is 6.20 Å². The summed E-state index contributed by atoms with van der Waals surface area (Å²) in [5.41, 5.74) is 0.921. The fourth-order valence-electron chi connectivity index (χ4n) is 1.75. The molecule has 2 amide bonds. The first kappa shape index (κ1) is 10.8. The molecule has 1 aromatic heterocycles. The number of H-pyrrole nitrogens is 1. The third-order valence-corrected chi connectivity index (χ3v) is 2.68. The van der Waals surface area contributed by atoms with Gasteiger partial charge in [0.25, 0.3) is 0 Å². The van der Waals surface area contributed by atoms with E-state index in [4.69, 9.17) is 0 Å². The van der Waals surface area contributed by atoms with Crippen molar-refractivity contribution in [1.29, 1.82) is 0 Å². The van der Waals surface area contributed by atoms with Gasteiger partial charge in [0.2, 0.25) is 11.8 Å². The van der Waals surface area contributed by atoms with E-state index in [0.29, 0.717) is 12.8 Å². The Morgan fingerprint density at radius 2 is 2.38 bits per heavy atom. The van der Waals surface area contributed by atoms with Gasteiger partial charge in [-0.05, 0) is 19.4 Å². The van der Waals surface area contributed by atoms with Crippen molar-refractivity contribution in [3.05, 3.63) is 18.0 Å². The molecule has 86 valence electrons. The lowest BCUT2D eigenvalue weighted by Gasteiger charge is -2.24. The highest BCUT2D eigenvalue weighted by molar-refractivity contribution is 6.00.